The Morgan fingerprint density at radius 3 is 2.15 bits per heavy atom. The summed E-state index contributed by atoms with van der Waals surface area (Å²) in [5, 5.41) is 26.9. The molecular formula is C20H22O6. The van der Waals surface area contributed by atoms with Crippen LogP contribution in [0.25, 0.3) is 6.08 Å². The normalized spacial score (nSPS) is 9.92. The predicted octanol–water partition coefficient (Wildman–Crippen LogP) is 3.63. The van der Waals surface area contributed by atoms with Gasteiger partial charge in [0.05, 0.1) is 14.2 Å². The van der Waals surface area contributed by atoms with Crippen LogP contribution in [0.3, 0.4) is 0 Å². The molecule has 6 nitrogen and oxygen atoms in total. The Morgan fingerprint density at radius 1 is 1.04 bits per heavy atom. The predicted molar refractivity (Wildman–Crippen MR) is 99.9 cm³/mol. The Bertz CT molecular complexity index is 780. The van der Waals surface area contributed by atoms with Crippen LogP contribution in [-0.4, -0.2) is 35.5 Å². The zero-order chi connectivity index (χ0) is 19.5. The molecule has 6 heteroatoms. The largest absolute Gasteiger partial charge is 0.504 e. The number of phenolic OH excluding ortho intramolecular Hbond substituents is 2. The summed E-state index contributed by atoms with van der Waals surface area (Å²) in [6.07, 6.45) is 5.04. The Morgan fingerprint density at radius 2 is 1.62 bits per heavy atom. The van der Waals surface area contributed by atoms with Crippen LogP contribution >= 0.6 is 0 Å². The van der Waals surface area contributed by atoms with Crippen molar-refractivity contribution in [2.75, 3.05) is 14.2 Å². The average molecular weight is 358 g/mol. The first-order valence-electron chi connectivity index (χ1n) is 7.66. The van der Waals surface area contributed by atoms with E-state index in [9.17, 15) is 15.0 Å². The molecule has 0 heterocycles. The third-order valence-electron chi connectivity index (χ3n) is 3.25. The van der Waals surface area contributed by atoms with Crippen LogP contribution in [0.5, 0.6) is 23.0 Å². The van der Waals surface area contributed by atoms with Crippen molar-refractivity contribution in [1.82, 2.24) is 0 Å². The number of aromatic hydroxyl groups is 2. The van der Waals surface area contributed by atoms with E-state index in [0.29, 0.717) is 17.1 Å². The molecule has 0 unspecified atom stereocenters. The summed E-state index contributed by atoms with van der Waals surface area (Å²) >= 11 is 0. The molecular weight excluding hydrogens is 336 g/mol. The van der Waals surface area contributed by atoms with E-state index in [2.05, 4.69) is 6.58 Å². The zero-order valence-electron chi connectivity index (χ0n) is 14.7. The molecule has 2 rings (SSSR count). The molecule has 0 aliphatic rings. The van der Waals surface area contributed by atoms with Crippen LogP contribution in [0.4, 0.5) is 0 Å². The van der Waals surface area contributed by atoms with Crippen LogP contribution in [-0.2, 0) is 11.2 Å². The van der Waals surface area contributed by atoms with Crippen molar-refractivity contribution in [3.63, 3.8) is 0 Å². The standard InChI is InChI=1S/C10H10O4.C10H12O2/c1-14-9-6-7(2-4-8(9)11)3-5-10(12)13;1-3-4-8-5-6-9(11)10(7-8)12-2/h2-6,11H,1H3,(H,12,13);3,5-7,11H,1,4H2,2H3. The third kappa shape index (κ3) is 6.60. The molecule has 138 valence electrons. The second-order valence-corrected chi connectivity index (χ2v) is 5.10. The molecule has 0 fully saturated rings. The fraction of sp³-hybridized carbons (Fsp3) is 0.150. The first kappa shape index (κ1) is 20.6. The summed E-state index contributed by atoms with van der Waals surface area (Å²) in [7, 11) is 2.96. The van der Waals surface area contributed by atoms with Gasteiger partial charge in [-0.1, -0.05) is 18.2 Å². The summed E-state index contributed by atoms with van der Waals surface area (Å²) in [5.41, 5.74) is 1.74. The van der Waals surface area contributed by atoms with E-state index >= 15 is 0 Å². The highest BCUT2D eigenvalue weighted by molar-refractivity contribution is 5.85. The van der Waals surface area contributed by atoms with E-state index in [1.54, 1.807) is 24.3 Å². The van der Waals surface area contributed by atoms with E-state index in [1.165, 1.54) is 26.4 Å². The number of carboxylic acid groups (broad SMARTS) is 1. The minimum Gasteiger partial charge on any atom is -0.504 e. The zero-order valence-corrected chi connectivity index (χ0v) is 14.7. The molecule has 0 aliphatic carbocycles. The van der Waals surface area contributed by atoms with Gasteiger partial charge in [0.25, 0.3) is 0 Å². The van der Waals surface area contributed by atoms with Gasteiger partial charge in [-0.2, -0.15) is 0 Å². The van der Waals surface area contributed by atoms with Crippen LogP contribution in [0.15, 0.2) is 55.1 Å². The Labute approximate surface area is 152 Å². The van der Waals surface area contributed by atoms with Gasteiger partial charge in [0.2, 0.25) is 0 Å². The summed E-state index contributed by atoms with van der Waals surface area (Å²) in [6, 6.07) is 9.86. The number of allylic oxidation sites excluding steroid dienone is 1. The van der Waals surface area contributed by atoms with Gasteiger partial charge in [-0.15, -0.1) is 6.58 Å². The smallest absolute Gasteiger partial charge is 0.328 e. The van der Waals surface area contributed by atoms with E-state index in [0.717, 1.165) is 18.1 Å². The monoisotopic (exact) mass is 358 g/mol. The van der Waals surface area contributed by atoms with Crippen LogP contribution in [0.1, 0.15) is 11.1 Å². The second-order valence-electron chi connectivity index (χ2n) is 5.10. The van der Waals surface area contributed by atoms with Gasteiger partial charge >= 0.3 is 5.97 Å². The number of hydrogen-bond acceptors (Lipinski definition) is 5. The van der Waals surface area contributed by atoms with Crippen LogP contribution < -0.4 is 9.47 Å². The number of aliphatic carboxylic acids is 1. The highest BCUT2D eigenvalue weighted by atomic mass is 16.5. The highest BCUT2D eigenvalue weighted by Crippen LogP contribution is 2.27. The number of ether oxygens (including phenoxy) is 2. The lowest BCUT2D eigenvalue weighted by molar-refractivity contribution is -0.131. The van der Waals surface area contributed by atoms with Gasteiger partial charge < -0.3 is 24.8 Å². The number of methoxy groups -OCH3 is 2. The highest BCUT2D eigenvalue weighted by Gasteiger charge is 2.01. The van der Waals surface area contributed by atoms with Gasteiger partial charge in [0.1, 0.15) is 0 Å². The van der Waals surface area contributed by atoms with Gasteiger partial charge in [-0.05, 0) is 47.9 Å². The van der Waals surface area contributed by atoms with Gasteiger partial charge in [-0.3, -0.25) is 0 Å². The number of rotatable bonds is 6. The van der Waals surface area contributed by atoms with Crippen molar-refractivity contribution in [2.24, 2.45) is 0 Å². The second kappa shape index (κ2) is 10.5. The lowest BCUT2D eigenvalue weighted by atomic mass is 10.1. The molecule has 0 saturated heterocycles. The lowest BCUT2D eigenvalue weighted by Crippen LogP contribution is -1.87. The number of phenols is 2. The van der Waals surface area contributed by atoms with Crippen molar-refractivity contribution in [1.29, 1.82) is 0 Å². The molecule has 3 N–H and O–H groups in total. The van der Waals surface area contributed by atoms with Gasteiger partial charge in [0.15, 0.2) is 23.0 Å². The lowest BCUT2D eigenvalue weighted by Gasteiger charge is -2.04. The van der Waals surface area contributed by atoms with Crippen LogP contribution in [0.2, 0.25) is 0 Å². The topological polar surface area (TPSA) is 96.2 Å². The maximum atomic E-state index is 10.2. The van der Waals surface area contributed by atoms with E-state index in [1.807, 2.05) is 12.1 Å². The average Bonchev–Trinajstić information content (AvgIpc) is 2.63. The number of benzene rings is 2. The third-order valence-corrected chi connectivity index (χ3v) is 3.25. The molecule has 26 heavy (non-hydrogen) atoms. The summed E-state index contributed by atoms with van der Waals surface area (Å²) in [4.78, 5) is 10.2. The van der Waals surface area contributed by atoms with Crippen molar-refractivity contribution in [3.05, 3.63) is 66.3 Å². The molecule has 0 atom stereocenters. The molecule has 2 aromatic rings. The van der Waals surface area contributed by atoms with E-state index in [-0.39, 0.29) is 11.5 Å². The Balaban J connectivity index is 0.000000263. The van der Waals surface area contributed by atoms with Crippen molar-refractivity contribution in [3.8, 4) is 23.0 Å². The van der Waals surface area contributed by atoms with E-state index < -0.39 is 5.97 Å². The summed E-state index contributed by atoms with van der Waals surface area (Å²) in [5.74, 6) is 0.00854. The molecule has 0 bridgehead atoms. The molecule has 0 amide bonds. The number of hydrogen-bond donors (Lipinski definition) is 3. The van der Waals surface area contributed by atoms with Gasteiger partial charge in [0, 0.05) is 6.08 Å². The van der Waals surface area contributed by atoms with Crippen molar-refractivity contribution >= 4 is 12.0 Å². The quantitative estimate of drug-likeness (QED) is 0.539. The summed E-state index contributed by atoms with van der Waals surface area (Å²) < 4.78 is 9.81. The molecule has 2 aromatic carbocycles. The summed E-state index contributed by atoms with van der Waals surface area (Å²) in [6.45, 7) is 3.63. The molecule has 0 aromatic heterocycles. The first-order valence-corrected chi connectivity index (χ1v) is 7.66. The minimum atomic E-state index is -1.02. The molecule has 0 aliphatic heterocycles. The molecule has 0 radical (unpaired) electrons. The SMILES string of the molecule is C=CCc1ccc(O)c(OC)c1.COc1cc(C=CC(=O)O)ccc1O. The maximum Gasteiger partial charge on any atom is 0.328 e. The van der Waals surface area contributed by atoms with E-state index in [4.69, 9.17) is 14.6 Å². The van der Waals surface area contributed by atoms with Gasteiger partial charge in [-0.25, -0.2) is 4.79 Å². The molecule has 0 saturated carbocycles. The Hall–Kier alpha value is -3.41. The van der Waals surface area contributed by atoms with Crippen LogP contribution in [0, 0.1) is 0 Å². The fourth-order valence-corrected chi connectivity index (χ4v) is 1.98. The number of carbonyl (C=O) groups is 1. The van der Waals surface area contributed by atoms with Crippen molar-refractivity contribution in [2.45, 2.75) is 6.42 Å². The minimum absolute atomic E-state index is 0.0278. The van der Waals surface area contributed by atoms with Crippen molar-refractivity contribution < 1.29 is 29.6 Å². The number of carboxylic acids is 1. The fourth-order valence-electron chi connectivity index (χ4n) is 1.98. The molecule has 0 spiro atoms. The maximum absolute atomic E-state index is 10.2. The first-order chi connectivity index (χ1) is 12.4. The Kier molecular flexibility index (Phi) is 8.30.